The second-order valence-electron chi connectivity index (χ2n) is 7.97. The lowest BCUT2D eigenvalue weighted by atomic mass is 9.98. The summed E-state index contributed by atoms with van der Waals surface area (Å²) < 4.78 is 44.3. The van der Waals surface area contributed by atoms with E-state index in [1.807, 2.05) is 0 Å². The molecule has 6 nitrogen and oxygen atoms in total. The molecule has 0 spiro atoms. The molecule has 1 aliphatic heterocycles. The maximum Gasteiger partial charge on any atom is 0.264 e. The lowest BCUT2D eigenvalue weighted by molar-refractivity contribution is 0.0692. The number of aromatic nitrogens is 1. The number of sulfonamides is 1. The molecule has 1 fully saturated rings. The number of likely N-dealkylation sites (tertiary alicyclic amines) is 1. The Labute approximate surface area is 171 Å². The molecule has 1 N–H and O–H groups in total. The number of benzene rings is 1. The summed E-state index contributed by atoms with van der Waals surface area (Å²) in [6, 6.07) is 3.86. The molecule has 0 unspecified atom stereocenters. The van der Waals surface area contributed by atoms with E-state index in [-0.39, 0.29) is 22.1 Å². The van der Waals surface area contributed by atoms with E-state index in [1.165, 1.54) is 18.2 Å². The van der Waals surface area contributed by atoms with Gasteiger partial charge in [0.25, 0.3) is 15.9 Å². The highest BCUT2D eigenvalue weighted by atomic mass is 32.2. The topological polar surface area (TPSA) is 71.4 Å². The first-order chi connectivity index (χ1) is 13.5. The highest BCUT2D eigenvalue weighted by Crippen LogP contribution is 2.31. The maximum absolute atomic E-state index is 13.4. The van der Waals surface area contributed by atoms with E-state index < -0.39 is 15.8 Å². The fourth-order valence-corrected chi connectivity index (χ4v) is 5.45. The number of hydrogen-bond donors (Lipinski definition) is 1. The summed E-state index contributed by atoms with van der Waals surface area (Å²) >= 11 is 0. The lowest BCUT2D eigenvalue weighted by Gasteiger charge is -2.30. The minimum absolute atomic E-state index is 0.00940. The van der Waals surface area contributed by atoms with Crippen molar-refractivity contribution < 1.29 is 17.6 Å². The number of piperidine rings is 1. The van der Waals surface area contributed by atoms with Crippen molar-refractivity contribution >= 4 is 21.6 Å². The Morgan fingerprint density at radius 3 is 2.34 bits per heavy atom. The summed E-state index contributed by atoms with van der Waals surface area (Å²) in [6.45, 7) is 8.48. The molecular weight excluding hydrogens is 393 g/mol. The van der Waals surface area contributed by atoms with Gasteiger partial charge in [-0.25, -0.2) is 12.8 Å². The van der Waals surface area contributed by atoms with Crippen LogP contribution >= 0.6 is 0 Å². The van der Waals surface area contributed by atoms with E-state index in [0.29, 0.717) is 36.0 Å². The number of nitrogens with one attached hydrogen (secondary N) is 1. The van der Waals surface area contributed by atoms with Crippen LogP contribution < -0.4 is 4.72 Å². The highest BCUT2D eigenvalue weighted by molar-refractivity contribution is 7.92. The molecular formula is C21H28FN3O3S. The van der Waals surface area contributed by atoms with E-state index >= 15 is 0 Å². The minimum atomic E-state index is -4.05. The van der Waals surface area contributed by atoms with Gasteiger partial charge in [-0.05, 0) is 63.3 Å². The van der Waals surface area contributed by atoms with E-state index in [2.05, 4.69) is 11.6 Å². The number of anilines is 1. The van der Waals surface area contributed by atoms with Gasteiger partial charge in [0, 0.05) is 31.5 Å². The fraction of sp³-hybridized carbons (Fsp3) is 0.476. The normalized spacial score (nSPS) is 15.6. The van der Waals surface area contributed by atoms with Crippen LogP contribution in [0.2, 0.25) is 0 Å². The van der Waals surface area contributed by atoms with E-state index in [9.17, 15) is 17.6 Å². The Morgan fingerprint density at radius 2 is 1.76 bits per heavy atom. The first-order valence-corrected chi connectivity index (χ1v) is 11.3. The quantitative estimate of drug-likeness (QED) is 0.817. The van der Waals surface area contributed by atoms with Gasteiger partial charge in [0.05, 0.1) is 11.3 Å². The van der Waals surface area contributed by atoms with E-state index in [0.717, 1.165) is 12.8 Å². The number of nitrogens with zero attached hydrogens (tertiary/aromatic N) is 2. The Kier molecular flexibility index (Phi) is 5.76. The number of amides is 1. The predicted molar refractivity (Wildman–Crippen MR) is 111 cm³/mol. The van der Waals surface area contributed by atoms with Crippen molar-refractivity contribution in [3.05, 3.63) is 46.5 Å². The zero-order valence-corrected chi connectivity index (χ0v) is 18.4. The van der Waals surface area contributed by atoms with Crippen LogP contribution in [0.3, 0.4) is 0 Å². The molecule has 3 rings (SSSR count). The summed E-state index contributed by atoms with van der Waals surface area (Å²) in [5, 5.41) is 0. The second kappa shape index (κ2) is 7.82. The first-order valence-electron chi connectivity index (χ1n) is 9.77. The lowest BCUT2D eigenvalue weighted by Crippen LogP contribution is -2.38. The number of carbonyl (C=O) groups excluding carboxylic acids is 1. The zero-order chi connectivity index (χ0) is 21.5. The summed E-state index contributed by atoms with van der Waals surface area (Å²) in [4.78, 5) is 15.0. The van der Waals surface area contributed by atoms with Gasteiger partial charge >= 0.3 is 0 Å². The molecule has 1 aromatic carbocycles. The van der Waals surface area contributed by atoms with Crippen molar-refractivity contribution in [2.24, 2.45) is 13.0 Å². The van der Waals surface area contributed by atoms with Crippen molar-refractivity contribution in [1.82, 2.24) is 9.47 Å². The average molecular weight is 422 g/mol. The third kappa shape index (κ3) is 4.03. The van der Waals surface area contributed by atoms with Gasteiger partial charge in [-0.2, -0.15) is 0 Å². The van der Waals surface area contributed by atoms with Crippen molar-refractivity contribution in [2.75, 3.05) is 17.8 Å². The van der Waals surface area contributed by atoms with Crippen molar-refractivity contribution in [1.29, 1.82) is 0 Å². The van der Waals surface area contributed by atoms with Crippen LogP contribution in [-0.2, 0) is 17.1 Å². The third-order valence-corrected chi connectivity index (χ3v) is 7.44. The largest absolute Gasteiger partial charge is 0.350 e. The zero-order valence-electron chi connectivity index (χ0n) is 17.5. The molecule has 1 amide bonds. The van der Waals surface area contributed by atoms with Crippen LogP contribution in [0.25, 0.3) is 0 Å². The SMILES string of the molecule is Cc1cc(F)ccc1NS(=O)(=O)c1c(C(=O)N2CCC(C)CC2)c(C)n(C)c1C. The second-order valence-corrected chi connectivity index (χ2v) is 9.59. The van der Waals surface area contributed by atoms with Gasteiger partial charge in [-0.15, -0.1) is 0 Å². The van der Waals surface area contributed by atoms with Crippen LogP contribution in [0.1, 0.15) is 47.1 Å². The Morgan fingerprint density at radius 1 is 1.14 bits per heavy atom. The summed E-state index contributed by atoms with van der Waals surface area (Å²) in [5.41, 5.74) is 2.08. The summed E-state index contributed by atoms with van der Waals surface area (Å²) in [7, 11) is -2.30. The number of carbonyl (C=O) groups is 1. The van der Waals surface area contributed by atoms with E-state index in [4.69, 9.17) is 0 Å². The molecule has 1 aliphatic rings. The first kappa shape index (κ1) is 21.4. The van der Waals surface area contributed by atoms with Gasteiger partial charge in [-0.3, -0.25) is 9.52 Å². The minimum Gasteiger partial charge on any atom is -0.350 e. The van der Waals surface area contributed by atoms with Gasteiger partial charge in [-0.1, -0.05) is 6.92 Å². The fourth-order valence-electron chi connectivity index (χ4n) is 3.80. The number of aryl methyl sites for hydroxylation is 1. The van der Waals surface area contributed by atoms with Gasteiger partial charge in [0.1, 0.15) is 10.7 Å². The van der Waals surface area contributed by atoms with Crippen LogP contribution in [0.5, 0.6) is 0 Å². The molecule has 1 aromatic heterocycles. The average Bonchev–Trinajstić information content (AvgIpc) is 2.89. The number of rotatable bonds is 4. The molecule has 0 saturated carbocycles. The predicted octanol–water partition coefficient (Wildman–Crippen LogP) is 3.76. The van der Waals surface area contributed by atoms with Crippen LogP contribution in [0.15, 0.2) is 23.1 Å². The van der Waals surface area contributed by atoms with Gasteiger partial charge in [0.15, 0.2) is 0 Å². The molecule has 1 saturated heterocycles. The van der Waals surface area contributed by atoms with Gasteiger partial charge in [0.2, 0.25) is 0 Å². The Bertz CT molecular complexity index is 1050. The highest BCUT2D eigenvalue weighted by Gasteiger charge is 2.34. The molecule has 29 heavy (non-hydrogen) atoms. The Balaban J connectivity index is 2.04. The van der Waals surface area contributed by atoms with E-state index in [1.54, 1.807) is 37.3 Å². The van der Waals surface area contributed by atoms with Crippen LogP contribution in [-0.4, -0.2) is 36.9 Å². The smallest absolute Gasteiger partial charge is 0.264 e. The van der Waals surface area contributed by atoms with Crippen molar-refractivity contribution in [2.45, 2.75) is 45.4 Å². The summed E-state index contributed by atoms with van der Waals surface area (Å²) in [5.74, 6) is -0.134. The molecule has 0 aliphatic carbocycles. The molecule has 0 radical (unpaired) electrons. The molecule has 2 heterocycles. The van der Waals surface area contributed by atoms with Crippen LogP contribution in [0, 0.1) is 32.5 Å². The standard InChI is InChI=1S/C21H28FN3O3S/c1-13-8-10-25(11-9-13)21(26)19-15(3)24(5)16(4)20(19)29(27,28)23-18-7-6-17(22)12-14(18)2/h6-7,12-13,23H,8-11H2,1-5H3. The third-order valence-electron chi connectivity index (χ3n) is 5.91. The Hall–Kier alpha value is -2.35. The van der Waals surface area contributed by atoms with Crippen molar-refractivity contribution in [3.8, 4) is 0 Å². The maximum atomic E-state index is 13.4. The van der Waals surface area contributed by atoms with Crippen molar-refractivity contribution in [3.63, 3.8) is 0 Å². The molecule has 2 aromatic rings. The van der Waals surface area contributed by atoms with Crippen LogP contribution in [0.4, 0.5) is 10.1 Å². The molecule has 158 valence electrons. The summed E-state index contributed by atoms with van der Waals surface area (Å²) in [6.07, 6.45) is 1.82. The molecule has 8 heteroatoms. The number of hydrogen-bond acceptors (Lipinski definition) is 3. The molecule has 0 atom stereocenters. The monoisotopic (exact) mass is 421 g/mol. The molecule has 0 bridgehead atoms. The number of halogens is 1. The van der Waals surface area contributed by atoms with Gasteiger partial charge < -0.3 is 9.47 Å².